The fourth-order valence-electron chi connectivity index (χ4n) is 3.17. The van der Waals surface area contributed by atoms with Crippen molar-refractivity contribution in [1.82, 2.24) is 10.6 Å². The highest BCUT2D eigenvalue weighted by Gasteiger charge is 2.29. The Morgan fingerprint density at radius 2 is 1.38 bits per heavy atom. The van der Waals surface area contributed by atoms with Crippen molar-refractivity contribution in [3.8, 4) is 5.75 Å². The number of benzene rings is 1. The van der Waals surface area contributed by atoms with Gasteiger partial charge in [0.05, 0.1) is 27.9 Å². The third-order valence-corrected chi connectivity index (χ3v) is 7.54. The van der Waals surface area contributed by atoms with E-state index in [9.17, 15) is 19.2 Å². The molecule has 0 saturated carbocycles. The van der Waals surface area contributed by atoms with Crippen LogP contribution in [0.5, 0.6) is 5.75 Å². The fraction of sp³-hybridized carbons (Fsp3) is 0.630. The van der Waals surface area contributed by atoms with Crippen LogP contribution in [0.25, 0.3) is 0 Å². The first kappa shape index (κ1) is 35.4. The molecule has 0 heterocycles. The second-order valence-corrected chi connectivity index (χ2v) is 12.7. The van der Waals surface area contributed by atoms with Gasteiger partial charge >= 0.3 is 18.0 Å². The summed E-state index contributed by atoms with van der Waals surface area (Å²) in [5.74, 6) is -0.507. The lowest BCUT2D eigenvalue weighted by atomic mass is 10.0. The molecule has 13 heteroatoms. The molecule has 0 spiro atoms. The third-order valence-electron chi connectivity index (χ3n) is 5.12. The third kappa shape index (κ3) is 14.1. The number of esters is 2. The summed E-state index contributed by atoms with van der Waals surface area (Å²) in [4.78, 5) is 49.8. The van der Waals surface area contributed by atoms with Crippen molar-refractivity contribution >= 4 is 45.5 Å². The Kier molecular flexibility index (Phi) is 15.9. The van der Waals surface area contributed by atoms with Gasteiger partial charge < -0.3 is 34.3 Å². The van der Waals surface area contributed by atoms with Crippen molar-refractivity contribution in [2.45, 2.75) is 71.4 Å². The van der Waals surface area contributed by atoms with E-state index in [4.69, 9.17) is 23.7 Å². The van der Waals surface area contributed by atoms with Gasteiger partial charge in [0.25, 0.3) is 0 Å². The van der Waals surface area contributed by atoms with Gasteiger partial charge in [-0.1, -0.05) is 47.6 Å². The van der Waals surface area contributed by atoms with Crippen LogP contribution in [-0.4, -0.2) is 80.6 Å². The monoisotopic (exact) mass is 602 g/mol. The van der Waals surface area contributed by atoms with Gasteiger partial charge in [0.15, 0.2) is 0 Å². The lowest BCUT2D eigenvalue weighted by molar-refractivity contribution is -0.146. The number of alkyl carbamates (subject to hydrolysis) is 1. The predicted octanol–water partition coefficient (Wildman–Crippen LogP) is 3.73. The Labute approximate surface area is 244 Å². The summed E-state index contributed by atoms with van der Waals surface area (Å²) in [5, 5.41) is 5.22. The van der Waals surface area contributed by atoms with E-state index in [1.807, 2.05) is 38.1 Å². The molecule has 1 rings (SSSR count). The highest BCUT2D eigenvalue weighted by Crippen LogP contribution is 2.24. The lowest BCUT2D eigenvalue weighted by Crippen LogP contribution is -2.48. The normalized spacial score (nSPS) is 13.5. The number of hydrogen-bond donors (Lipinski definition) is 2. The zero-order valence-corrected chi connectivity index (χ0v) is 26.1. The Morgan fingerprint density at radius 1 is 0.850 bits per heavy atom. The van der Waals surface area contributed by atoms with E-state index in [2.05, 4.69) is 10.6 Å². The summed E-state index contributed by atoms with van der Waals surface area (Å²) in [7, 11) is 6.50. The quantitative estimate of drug-likeness (QED) is 0.124. The number of methoxy groups -OCH3 is 3. The van der Waals surface area contributed by atoms with Crippen LogP contribution in [0.2, 0.25) is 0 Å². The lowest BCUT2D eigenvalue weighted by Gasteiger charge is -2.23. The molecule has 2 unspecified atom stereocenters. The number of amides is 2. The van der Waals surface area contributed by atoms with Gasteiger partial charge in [-0.05, 0) is 50.8 Å². The van der Waals surface area contributed by atoms with Gasteiger partial charge in [-0.3, -0.25) is 4.79 Å². The summed E-state index contributed by atoms with van der Waals surface area (Å²) in [6.07, 6.45) is -1.08. The maximum Gasteiger partial charge on any atom is 0.408 e. The summed E-state index contributed by atoms with van der Waals surface area (Å²) in [6, 6.07) is 5.41. The SMILES string of the molecule is COC(=O)C(CSSCC(NC(=O)[C@@H](CC(C)C)OCc1ccc(OC)cc1)C(=O)OC)NC(=O)OC(C)(C)C. The highest BCUT2D eigenvalue weighted by molar-refractivity contribution is 8.76. The van der Waals surface area contributed by atoms with Crippen LogP contribution in [0.1, 0.15) is 46.6 Å². The molecule has 0 saturated heterocycles. The van der Waals surface area contributed by atoms with Gasteiger partial charge in [-0.25, -0.2) is 14.4 Å². The molecule has 0 aliphatic rings. The van der Waals surface area contributed by atoms with Crippen LogP contribution in [0.15, 0.2) is 24.3 Å². The summed E-state index contributed by atoms with van der Waals surface area (Å²) >= 11 is 0. The smallest absolute Gasteiger partial charge is 0.408 e. The minimum atomic E-state index is -0.967. The molecule has 2 amide bonds. The fourth-order valence-corrected chi connectivity index (χ4v) is 5.46. The Morgan fingerprint density at radius 3 is 1.82 bits per heavy atom. The molecule has 2 N–H and O–H groups in total. The van der Waals surface area contributed by atoms with E-state index in [1.54, 1.807) is 27.9 Å². The molecule has 1 aromatic rings. The number of carbonyl (C=O) groups excluding carboxylic acids is 4. The second kappa shape index (κ2) is 17.9. The average Bonchev–Trinajstić information content (AvgIpc) is 2.89. The molecular weight excluding hydrogens is 560 g/mol. The van der Waals surface area contributed by atoms with Crippen LogP contribution in [0.3, 0.4) is 0 Å². The van der Waals surface area contributed by atoms with Crippen molar-refractivity contribution in [2.75, 3.05) is 32.8 Å². The van der Waals surface area contributed by atoms with Crippen LogP contribution >= 0.6 is 21.6 Å². The molecule has 0 aliphatic carbocycles. The topological polar surface area (TPSA) is 138 Å². The molecule has 3 atom stereocenters. The van der Waals surface area contributed by atoms with Gasteiger partial charge in [-0.2, -0.15) is 0 Å². The Balaban J connectivity index is 2.76. The minimum absolute atomic E-state index is 0.138. The van der Waals surface area contributed by atoms with E-state index in [1.165, 1.54) is 35.8 Å². The number of rotatable bonds is 16. The molecule has 1 aromatic carbocycles. The van der Waals surface area contributed by atoms with Crippen LogP contribution in [0, 0.1) is 5.92 Å². The first-order valence-electron chi connectivity index (χ1n) is 12.7. The van der Waals surface area contributed by atoms with Crippen molar-refractivity contribution in [1.29, 1.82) is 0 Å². The van der Waals surface area contributed by atoms with Gasteiger partial charge in [0, 0.05) is 11.5 Å². The van der Waals surface area contributed by atoms with E-state index in [0.29, 0.717) is 6.42 Å². The first-order valence-corrected chi connectivity index (χ1v) is 15.2. The van der Waals surface area contributed by atoms with Crippen molar-refractivity contribution in [3.63, 3.8) is 0 Å². The van der Waals surface area contributed by atoms with E-state index >= 15 is 0 Å². The average molecular weight is 603 g/mol. The standard InChI is InChI=1S/C27H42N2O9S2/c1-17(2)13-22(37-14-18-9-11-19(34-6)12-10-18)23(30)28-20(24(31)35-7)15-39-40-16-21(25(32)36-8)29-26(33)38-27(3,4)5/h9-12,17,20-22H,13-16H2,1-8H3,(H,28,30)(H,29,33)/t20?,21?,22-/m1/s1. The van der Waals surface area contributed by atoms with E-state index < -0.39 is 47.7 Å². The largest absolute Gasteiger partial charge is 0.497 e. The van der Waals surface area contributed by atoms with Gasteiger partial charge in [0.2, 0.25) is 5.91 Å². The zero-order valence-electron chi connectivity index (χ0n) is 24.4. The molecule has 11 nitrogen and oxygen atoms in total. The Bertz CT molecular complexity index is 952. The van der Waals surface area contributed by atoms with Crippen LogP contribution < -0.4 is 15.4 Å². The second-order valence-electron chi connectivity index (χ2n) is 10.2. The van der Waals surface area contributed by atoms with Crippen LogP contribution in [-0.2, 0) is 39.9 Å². The molecule has 0 aliphatic heterocycles. The molecule has 0 aromatic heterocycles. The van der Waals surface area contributed by atoms with Gasteiger partial charge in [0.1, 0.15) is 29.5 Å². The summed E-state index contributed by atoms with van der Waals surface area (Å²) < 4.78 is 26.0. The van der Waals surface area contributed by atoms with Crippen molar-refractivity contribution < 1.29 is 42.9 Å². The Hall–Kier alpha value is -2.64. The molecule has 0 bridgehead atoms. The van der Waals surface area contributed by atoms with Crippen molar-refractivity contribution in [2.24, 2.45) is 5.92 Å². The van der Waals surface area contributed by atoms with Gasteiger partial charge in [-0.15, -0.1) is 0 Å². The van der Waals surface area contributed by atoms with E-state index in [0.717, 1.165) is 11.3 Å². The maximum absolute atomic E-state index is 13.1. The predicted molar refractivity (Wildman–Crippen MR) is 155 cm³/mol. The highest BCUT2D eigenvalue weighted by atomic mass is 33.1. The zero-order chi connectivity index (χ0) is 30.3. The molecule has 226 valence electrons. The maximum atomic E-state index is 13.1. The number of ether oxygens (including phenoxy) is 5. The minimum Gasteiger partial charge on any atom is -0.497 e. The molecular formula is C27H42N2O9S2. The molecule has 0 radical (unpaired) electrons. The van der Waals surface area contributed by atoms with E-state index in [-0.39, 0.29) is 24.0 Å². The summed E-state index contributed by atoms with van der Waals surface area (Å²) in [6.45, 7) is 9.29. The number of carbonyl (C=O) groups is 4. The first-order chi connectivity index (χ1) is 18.8. The number of hydrogen-bond acceptors (Lipinski definition) is 11. The van der Waals surface area contributed by atoms with Crippen LogP contribution in [0.4, 0.5) is 4.79 Å². The van der Waals surface area contributed by atoms with Crippen molar-refractivity contribution in [3.05, 3.63) is 29.8 Å². The summed E-state index contributed by atoms with van der Waals surface area (Å²) in [5.41, 5.74) is 0.142. The molecule has 40 heavy (non-hydrogen) atoms. The molecule has 0 fully saturated rings. The number of nitrogens with one attached hydrogen (secondary N) is 2.